The Balaban J connectivity index is 1.61. The van der Waals surface area contributed by atoms with Crippen LogP contribution in [0.5, 0.6) is 0 Å². The highest BCUT2D eigenvalue weighted by Gasteiger charge is 2.24. The van der Waals surface area contributed by atoms with Crippen molar-refractivity contribution in [3.63, 3.8) is 0 Å². The van der Waals surface area contributed by atoms with Crippen molar-refractivity contribution >= 4 is 23.2 Å². The molecule has 0 aromatic carbocycles. The highest BCUT2D eigenvalue weighted by molar-refractivity contribution is 7.09. The first-order valence-corrected chi connectivity index (χ1v) is 9.08. The van der Waals surface area contributed by atoms with Crippen LogP contribution >= 0.6 is 11.3 Å². The van der Waals surface area contributed by atoms with E-state index in [0.29, 0.717) is 5.95 Å². The lowest BCUT2D eigenvalue weighted by molar-refractivity contribution is 0.0954. The summed E-state index contributed by atoms with van der Waals surface area (Å²) in [5.74, 6) is 1.64. The van der Waals surface area contributed by atoms with Crippen LogP contribution in [0.2, 0.25) is 0 Å². The van der Waals surface area contributed by atoms with Gasteiger partial charge in [-0.1, -0.05) is 6.07 Å². The Kier molecular flexibility index (Phi) is 5.27. The fourth-order valence-corrected chi connectivity index (χ4v) is 3.63. The number of thiophene rings is 1. The third kappa shape index (κ3) is 4.00. The zero-order chi connectivity index (χ0) is 17.1. The van der Waals surface area contributed by atoms with Crippen LogP contribution in [0.15, 0.2) is 17.5 Å². The van der Waals surface area contributed by atoms with E-state index in [2.05, 4.69) is 49.2 Å². The van der Waals surface area contributed by atoms with Crippen LogP contribution in [0.25, 0.3) is 0 Å². The van der Waals surface area contributed by atoms with E-state index in [1.165, 1.54) is 4.88 Å². The van der Waals surface area contributed by atoms with E-state index in [1.807, 2.05) is 30.3 Å². The smallest absolute Gasteiger partial charge is 0.229 e. The van der Waals surface area contributed by atoms with Crippen LogP contribution in [0.3, 0.4) is 0 Å². The second-order valence-electron chi connectivity index (χ2n) is 6.31. The molecule has 3 heterocycles. The molecule has 0 bridgehead atoms. The normalized spacial score (nSPS) is 17.8. The summed E-state index contributed by atoms with van der Waals surface area (Å²) in [7, 11) is 3.82. The van der Waals surface area contributed by atoms with Gasteiger partial charge >= 0.3 is 0 Å². The molecule has 0 spiro atoms. The minimum absolute atomic E-state index is 0.137. The standard InChI is InChI=1S/C16H25N7S/c1-12(14-18-15(17)20-16(19-14)21(2)3)23-8-6-22(7-9-23)11-13-5-4-10-24-13/h4-5,10,12H,6-9,11H2,1-3H3,(H2,17,18,19,20)/t12-/m1/s1. The third-order valence-electron chi connectivity index (χ3n) is 4.35. The number of hydrogen-bond donors (Lipinski definition) is 1. The molecule has 0 aliphatic carbocycles. The summed E-state index contributed by atoms with van der Waals surface area (Å²) in [6.45, 7) is 7.32. The largest absolute Gasteiger partial charge is 0.368 e. The second kappa shape index (κ2) is 7.42. The predicted molar refractivity (Wildman–Crippen MR) is 98.2 cm³/mol. The van der Waals surface area contributed by atoms with Crippen LogP contribution in [0.1, 0.15) is 23.7 Å². The first-order chi connectivity index (χ1) is 11.5. The molecule has 2 aromatic heterocycles. The molecule has 24 heavy (non-hydrogen) atoms. The summed E-state index contributed by atoms with van der Waals surface area (Å²) in [5, 5.41) is 2.14. The molecular formula is C16H25N7S. The molecular weight excluding hydrogens is 322 g/mol. The zero-order valence-electron chi connectivity index (χ0n) is 14.5. The number of nitrogens with zero attached hydrogens (tertiary/aromatic N) is 6. The van der Waals surface area contributed by atoms with Gasteiger partial charge in [0.05, 0.1) is 6.04 Å². The van der Waals surface area contributed by atoms with Crippen molar-refractivity contribution in [2.75, 3.05) is 50.9 Å². The Bertz CT molecular complexity index is 650. The molecule has 1 atom stereocenters. The van der Waals surface area contributed by atoms with Gasteiger partial charge in [-0.05, 0) is 18.4 Å². The Hall–Kier alpha value is -1.77. The summed E-state index contributed by atoms with van der Waals surface area (Å²) in [4.78, 5) is 21.3. The van der Waals surface area contributed by atoms with Crippen molar-refractivity contribution in [1.82, 2.24) is 24.8 Å². The molecule has 1 fully saturated rings. The van der Waals surface area contributed by atoms with E-state index >= 15 is 0 Å². The number of piperazine rings is 1. The average molecular weight is 347 g/mol. The van der Waals surface area contributed by atoms with E-state index in [9.17, 15) is 0 Å². The lowest BCUT2D eigenvalue weighted by Gasteiger charge is -2.37. The monoisotopic (exact) mass is 347 g/mol. The molecule has 7 nitrogen and oxygen atoms in total. The lowest BCUT2D eigenvalue weighted by atomic mass is 10.2. The first-order valence-electron chi connectivity index (χ1n) is 8.20. The lowest BCUT2D eigenvalue weighted by Crippen LogP contribution is -2.46. The number of aromatic nitrogens is 3. The number of anilines is 2. The molecule has 2 aromatic rings. The van der Waals surface area contributed by atoms with E-state index in [4.69, 9.17) is 5.73 Å². The Morgan fingerprint density at radius 1 is 1.21 bits per heavy atom. The van der Waals surface area contributed by atoms with Gasteiger partial charge in [0.1, 0.15) is 0 Å². The zero-order valence-corrected chi connectivity index (χ0v) is 15.3. The van der Waals surface area contributed by atoms with Crippen LogP contribution < -0.4 is 10.6 Å². The molecule has 2 N–H and O–H groups in total. The first kappa shape index (κ1) is 17.1. The molecule has 0 radical (unpaired) electrons. The van der Waals surface area contributed by atoms with E-state index in [0.717, 1.165) is 38.5 Å². The van der Waals surface area contributed by atoms with Gasteiger partial charge in [-0.2, -0.15) is 15.0 Å². The van der Waals surface area contributed by atoms with Crippen LogP contribution in [-0.2, 0) is 6.54 Å². The summed E-state index contributed by atoms with van der Waals surface area (Å²) >= 11 is 1.83. The quantitative estimate of drug-likeness (QED) is 0.877. The minimum atomic E-state index is 0.137. The van der Waals surface area contributed by atoms with Gasteiger partial charge in [0.15, 0.2) is 5.82 Å². The second-order valence-corrected chi connectivity index (χ2v) is 7.35. The topological polar surface area (TPSA) is 74.4 Å². The number of nitrogen functional groups attached to an aromatic ring is 1. The van der Waals surface area contributed by atoms with Crippen LogP contribution in [0, 0.1) is 0 Å². The van der Waals surface area contributed by atoms with Crippen molar-refractivity contribution in [2.24, 2.45) is 0 Å². The van der Waals surface area contributed by atoms with Crippen molar-refractivity contribution < 1.29 is 0 Å². The fraction of sp³-hybridized carbons (Fsp3) is 0.562. The maximum Gasteiger partial charge on any atom is 0.229 e. The number of rotatable bonds is 5. The molecule has 1 aliphatic rings. The molecule has 3 rings (SSSR count). The average Bonchev–Trinajstić information content (AvgIpc) is 3.07. The minimum Gasteiger partial charge on any atom is -0.368 e. The summed E-state index contributed by atoms with van der Waals surface area (Å²) in [5.41, 5.74) is 5.85. The molecule has 1 aliphatic heterocycles. The van der Waals surface area contributed by atoms with Gasteiger partial charge < -0.3 is 10.6 Å². The maximum absolute atomic E-state index is 5.85. The SMILES string of the molecule is C[C@H](c1nc(N)nc(N(C)C)n1)N1CCN(Cc2cccs2)CC1. The molecule has 130 valence electrons. The summed E-state index contributed by atoms with van der Waals surface area (Å²) in [6.07, 6.45) is 0. The Labute approximate surface area is 147 Å². The highest BCUT2D eigenvalue weighted by Crippen LogP contribution is 2.21. The van der Waals surface area contributed by atoms with E-state index < -0.39 is 0 Å². The third-order valence-corrected chi connectivity index (χ3v) is 5.21. The molecule has 0 unspecified atom stereocenters. The van der Waals surface area contributed by atoms with Gasteiger partial charge in [0.25, 0.3) is 0 Å². The van der Waals surface area contributed by atoms with E-state index in [1.54, 1.807) is 0 Å². The number of hydrogen-bond acceptors (Lipinski definition) is 8. The van der Waals surface area contributed by atoms with Gasteiger partial charge in [0.2, 0.25) is 11.9 Å². The highest BCUT2D eigenvalue weighted by atomic mass is 32.1. The fourth-order valence-electron chi connectivity index (χ4n) is 2.88. The molecule has 0 saturated carbocycles. The van der Waals surface area contributed by atoms with Gasteiger partial charge in [-0.25, -0.2) is 0 Å². The van der Waals surface area contributed by atoms with Gasteiger partial charge in [-0.3, -0.25) is 9.80 Å². The van der Waals surface area contributed by atoms with Crippen molar-refractivity contribution in [3.8, 4) is 0 Å². The van der Waals surface area contributed by atoms with Crippen LogP contribution in [-0.4, -0.2) is 65.0 Å². The summed E-state index contributed by atoms with van der Waals surface area (Å²) < 4.78 is 0. The maximum atomic E-state index is 5.85. The Morgan fingerprint density at radius 2 is 1.96 bits per heavy atom. The molecule has 0 amide bonds. The Morgan fingerprint density at radius 3 is 2.58 bits per heavy atom. The van der Waals surface area contributed by atoms with Crippen molar-refractivity contribution in [3.05, 3.63) is 28.2 Å². The van der Waals surface area contributed by atoms with Gasteiger partial charge in [0, 0.05) is 51.7 Å². The van der Waals surface area contributed by atoms with Gasteiger partial charge in [-0.15, -0.1) is 11.3 Å². The van der Waals surface area contributed by atoms with E-state index in [-0.39, 0.29) is 12.0 Å². The summed E-state index contributed by atoms with van der Waals surface area (Å²) in [6, 6.07) is 4.46. The molecule has 8 heteroatoms. The van der Waals surface area contributed by atoms with Crippen molar-refractivity contribution in [1.29, 1.82) is 0 Å². The van der Waals surface area contributed by atoms with Crippen molar-refractivity contribution in [2.45, 2.75) is 19.5 Å². The number of nitrogens with two attached hydrogens (primary N) is 1. The molecule has 1 saturated heterocycles. The predicted octanol–water partition coefficient (Wildman–Crippen LogP) is 1.46. The van der Waals surface area contributed by atoms with Crippen LogP contribution in [0.4, 0.5) is 11.9 Å².